The molecule has 0 aliphatic carbocycles. The number of ether oxygens (including phenoxy) is 1. The van der Waals surface area contributed by atoms with E-state index in [1.165, 1.54) is 30.3 Å². The predicted octanol–water partition coefficient (Wildman–Crippen LogP) is 5.43. The molecular formula is C22H20Cl2N2O4S. The standard InChI is InChI=1S/C22H20Cl2N2O4S/c1-14-9-15(2)11-17(10-14)26-31(28,29)19-6-4-18(5-7-19)30-13-22(27)25-21-8-3-16(23)12-20(21)24/h3-12,26H,13H2,1-2H3,(H,25,27). The fourth-order valence-corrected chi connectivity index (χ4v) is 4.38. The van der Waals surface area contributed by atoms with Gasteiger partial charge in [0, 0.05) is 10.7 Å². The highest BCUT2D eigenvalue weighted by Gasteiger charge is 2.15. The van der Waals surface area contributed by atoms with E-state index in [9.17, 15) is 13.2 Å². The predicted molar refractivity (Wildman–Crippen MR) is 124 cm³/mol. The molecule has 0 saturated heterocycles. The molecule has 0 bridgehead atoms. The van der Waals surface area contributed by atoms with Crippen LogP contribution in [0.15, 0.2) is 65.6 Å². The van der Waals surface area contributed by atoms with Gasteiger partial charge in [-0.3, -0.25) is 9.52 Å². The van der Waals surface area contributed by atoms with Crippen LogP contribution in [0.25, 0.3) is 0 Å². The van der Waals surface area contributed by atoms with E-state index in [0.29, 0.717) is 27.2 Å². The number of sulfonamides is 1. The average molecular weight is 479 g/mol. The largest absolute Gasteiger partial charge is 0.484 e. The maximum absolute atomic E-state index is 12.6. The van der Waals surface area contributed by atoms with Gasteiger partial charge in [0.1, 0.15) is 5.75 Å². The molecule has 0 aliphatic heterocycles. The summed E-state index contributed by atoms with van der Waals surface area (Å²) in [6, 6.07) is 16.0. The van der Waals surface area contributed by atoms with Gasteiger partial charge in [-0.1, -0.05) is 29.3 Å². The summed E-state index contributed by atoms with van der Waals surface area (Å²) in [7, 11) is -3.75. The van der Waals surface area contributed by atoms with Crippen molar-refractivity contribution >= 4 is 50.5 Å². The summed E-state index contributed by atoms with van der Waals surface area (Å²) in [5.41, 5.74) is 2.83. The minimum Gasteiger partial charge on any atom is -0.484 e. The Bertz CT molecular complexity index is 1190. The van der Waals surface area contributed by atoms with Crippen LogP contribution in [-0.4, -0.2) is 20.9 Å². The summed E-state index contributed by atoms with van der Waals surface area (Å²) in [5, 5.41) is 3.39. The van der Waals surface area contributed by atoms with Crippen LogP contribution in [0, 0.1) is 13.8 Å². The first-order valence-corrected chi connectivity index (χ1v) is 11.5. The van der Waals surface area contributed by atoms with E-state index >= 15 is 0 Å². The summed E-state index contributed by atoms with van der Waals surface area (Å²) in [5.74, 6) is -0.0693. The van der Waals surface area contributed by atoms with Crippen LogP contribution in [0.4, 0.5) is 11.4 Å². The summed E-state index contributed by atoms with van der Waals surface area (Å²) in [6.07, 6.45) is 0. The Morgan fingerprint density at radius 1 is 0.935 bits per heavy atom. The number of hydrogen-bond donors (Lipinski definition) is 2. The Balaban J connectivity index is 1.61. The molecule has 3 aromatic rings. The summed E-state index contributed by atoms with van der Waals surface area (Å²) in [6.45, 7) is 3.52. The number of anilines is 2. The van der Waals surface area contributed by atoms with E-state index < -0.39 is 15.9 Å². The quantitative estimate of drug-likeness (QED) is 0.474. The molecule has 9 heteroatoms. The van der Waals surface area contributed by atoms with Crippen LogP contribution in [0.3, 0.4) is 0 Å². The van der Waals surface area contributed by atoms with Crippen LogP contribution in [-0.2, 0) is 14.8 Å². The van der Waals surface area contributed by atoms with Gasteiger partial charge in [0.15, 0.2) is 6.61 Å². The van der Waals surface area contributed by atoms with Crippen LogP contribution in [0.1, 0.15) is 11.1 Å². The highest BCUT2D eigenvalue weighted by molar-refractivity contribution is 7.92. The molecule has 0 spiro atoms. The van der Waals surface area contributed by atoms with Gasteiger partial charge in [0.25, 0.3) is 15.9 Å². The summed E-state index contributed by atoms with van der Waals surface area (Å²) in [4.78, 5) is 12.2. The van der Waals surface area contributed by atoms with Gasteiger partial charge in [0.05, 0.1) is 15.6 Å². The first-order valence-electron chi connectivity index (χ1n) is 9.21. The van der Waals surface area contributed by atoms with Crippen molar-refractivity contribution in [1.82, 2.24) is 0 Å². The van der Waals surface area contributed by atoms with E-state index in [1.54, 1.807) is 24.3 Å². The lowest BCUT2D eigenvalue weighted by atomic mass is 10.1. The zero-order valence-corrected chi connectivity index (χ0v) is 19.1. The lowest BCUT2D eigenvalue weighted by molar-refractivity contribution is -0.118. The Kier molecular flexibility index (Phi) is 7.10. The van der Waals surface area contributed by atoms with Crippen molar-refractivity contribution in [3.05, 3.63) is 81.8 Å². The molecule has 0 atom stereocenters. The number of nitrogens with one attached hydrogen (secondary N) is 2. The molecule has 162 valence electrons. The minimum atomic E-state index is -3.75. The first kappa shape index (κ1) is 22.9. The van der Waals surface area contributed by atoms with Crippen LogP contribution >= 0.6 is 23.2 Å². The molecule has 31 heavy (non-hydrogen) atoms. The third kappa shape index (κ3) is 6.37. The van der Waals surface area contributed by atoms with Crippen molar-refractivity contribution in [2.45, 2.75) is 18.7 Å². The number of rotatable bonds is 7. The molecule has 0 heterocycles. The van der Waals surface area contributed by atoms with Gasteiger partial charge in [0.2, 0.25) is 0 Å². The Hall–Kier alpha value is -2.74. The maximum atomic E-state index is 12.6. The van der Waals surface area contributed by atoms with Crippen LogP contribution in [0.5, 0.6) is 5.75 Å². The number of halogens is 2. The SMILES string of the molecule is Cc1cc(C)cc(NS(=O)(=O)c2ccc(OCC(=O)Nc3ccc(Cl)cc3Cl)cc2)c1. The molecule has 0 saturated carbocycles. The average Bonchev–Trinajstić information content (AvgIpc) is 2.68. The van der Waals surface area contributed by atoms with Crippen molar-refractivity contribution in [2.75, 3.05) is 16.6 Å². The molecule has 2 N–H and O–H groups in total. The van der Waals surface area contributed by atoms with Crippen molar-refractivity contribution in [1.29, 1.82) is 0 Å². The highest BCUT2D eigenvalue weighted by Crippen LogP contribution is 2.25. The van der Waals surface area contributed by atoms with Gasteiger partial charge in [-0.2, -0.15) is 0 Å². The Morgan fingerprint density at radius 3 is 2.19 bits per heavy atom. The zero-order valence-electron chi connectivity index (χ0n) is 16.8. The first-order chi connectivity index (χ1) is 14.6. The monoisotopic (exact) mass is 478 g/mol. The molecule has 6 nitrogen and oxygen atoms in total. The van der Waals surface area contributed by atoms with E-state index in [-0.39, 0.29) is 11.5 Å². The van der Waals surface area contributed by atoms with Gasteiger partial charge < -0.3 is 10.1 Å². The molecule has 3 aromatic carbocycles. The summed E-state index contributed by atoms with van der Waals surface area (Å²) < 4.78 is 33.2. The fourth-order valence-electron chi connectivity index (χ4n) is 2.89. The number of aryl methyl sites for hydroxylation is 2. The highest BCUT2D eigenvalue weighted by atomic mass is 35.5. The van der Waals surface area contributed by atoms with E-state index in [1.807, 2.05) is 19.9 Å². The molecule has 0 aromatic heterocycles. The molecule has 0 aliphatic rings. The van der Waals surface area contributed by atoms with Gasteiger partial charge in [-0.05, 0) is 79.6 Å². The fraction of sp³-hybridized carbons (Fsp3) is 0.136. The number of hydrogen-bond acceptors (Lipinski definition) is 4. The second kappa shape index (κ2) is 9.60. The molecule has 0 radical (unpaired) electrons. The molecule has 0 unspecified atom stereocenters. The van der Waals surface area contributed by atoms with Gasteiger partial charge in [-0.25, -0.2) is 8.42 Å². The van der Waals surface area contributed by atoms with Crippen molar-refractivity contribution in [2.24, 2.45) is 0 Å². The van der Waals surface area contributed by atoms with E-state index in [4.69, 9.17) is 27.9 Å². The van der Waals surface area contributed by atoms with Crippen molar-refractivity contribution in [3.8, 4) is 5.75 Å². The molecule has 1 amide bonds. The maximum Gasteiger partial charge on any atom is 0.262 e. The lowest BCUT2D eigenvalue weighted by Gasteiger charge is -2.11. The number of benzene rings is 3. The van der Waals surface area contributed by atoms with Gasteiger partial charge >= 0.3 is 0 Å². The Morgan fingerprint density at radius 2 is 1.58 bits per heavy atom. The molecule has 3 rings (SSSR count). The lowest BCUT2D eigenvalue weighted by Crippen LogP contribution is -2.20. The zero-order chi connectivity index (χ0) is 22.6. The van der Waals surface area contributed by atoms with Crippen LogP contribution in [0.2, 0.25) is 10.0 Å². The van der Waals surface area contributed by atoms with Crippen molar-refractivity contribution in [3.63, 3.8) is 0 Å². The van der Waals surface area contributed by atoms with E-state index in [2.05, 4.69) is 10.0 Å². The van der Waals surface area contributed by atoms with Crippen LogP contribution < -0.4 is 14.8 Å². The van der Waals surface area contributed by atoms with Gasteiger partial charge in [-0.15, -0.1) is 0 Å². The minimum absolute atomic E-state index is 0.0800. The smallest absolute Gasteiger partial charge is 0.262 e. The molecular weight excluding hydrogens is 459 g/mol. The molecule has 0 fully saturated rings. The van der Waals surface area contributed by atoms with Crippen molar-refractivity contribution < 1.29 is 17.9 Å². The Labute approximate surface area is 191 Å². The van der Waals surface area contributed by atoms with E-state index in [0.717, 1.165) is 11.1 Å². The second-order valence-electron chi connectivity index (χ2n) is 6.91. The number of carbonyl (C=O) groups excluding carboxylic acids is 1. The summed E-state index contributed by atoms with van der Waals surface area (Å²) >= 11 is 11.9. The topological polar surface area (TPSA) is 84.5 Å². The number of carbonyl (C=O) groups is 1. The normalized spacial score (nSPS) is 11.1. The third-order valence-corrected chi connectivity index (χ3v) is 6.13. The second-order valence-corrected chi connectivity index (χ2v) is 9.44. The third-order valence-electron chi connectivity index (χ3n) is 4.18. The number of amides is 1.